The quantitative estimate of drug-likeness (QED) is 0.266. The van der Waals surface area contributed by atoms with Crippen LogP contribution in [0.4, 0.5) is 17.1 Å². The monoisotopic (exact) mass is 519 g/mol. The van der Waals surface area contributed by atoms with E-state index in [4.69, 9.17) is 4.98 Å². The van der Waals surface area contributed by atoms with Gasteiger partial charge in [0.25, 0.3) is 0 Å². The number of para-hydroxylation sites is 3. The summed E-state index contributed by atoms with van der Waals surface area (Å²) in [5.41, 5.74) is 11.1. The molecule has 5 aromatic rings. The van der Waals surface area contributed by atoms with E-state index in [9.17, 15) is 0 Å². The van der Waals surface area contributed by atoms with Crippen molar-refractivity contribution in [3.05, 3.63) is 106 Å². The normalized spacial score (nSPS) is 17.3. The molecule has 1 N–H and O–H groups in total. The molecule has 5 nitrogen and oxygen atoms in total. The van der Waals surface area contributed by atoms with Crippen LogP contribution < -0.4 is 15.1 Å². The van der Waals surface area contributed by atoms with Crippen molar-refractivity contribution in [2.45, 2.75) is 19.3 Å². The first kappa shape index (κ1) is 19.5. The minimum atomic E-state index is -0.0207. The summed E-state index contributed by atoms with van der Waals surface area (Å²) in [5, 5.41) is 3.82. The van der Waals surface area contributed by atoms with Crippen molar-refractivity contribution in [3.63, 3.8) is 0 Å². The molecule has 3 aliphatic heterocycles. The van der Waals surface area contributed by atoms with Crippen LogP contribution in [0.15, 0.2) is 89.4 Å². The third-order valence-corrected chi connectivity index (χ3v) is 8.01. The van der Waals surface area contributed by atoms with Gasteiger partial charge in [0.2, 0.25) is 0 Å². The number of rotatable bonds is 1. The van der Waals surface area contributed by atoms with E-state index in [0.717, 1.165) is 52.3 Å². The first-order chi connectivity index (χ1) is 17.2. The Labute approximate surface area is 211 Å². The van der Waals surface area contributed by atoms with Crippen LogP contribution in [0.3, 0.4) is 0 Å². The van der Waals surface area contributed by atoms with Crippen LogP contribution >= 0.6 is 15.9 Å². The lowest BCUT2D eigenvalue weighted by Crippen LogP contribution is -2.46. The zero-order chi connectivity index (χ0) is 23.1. The molecule has 3 aliphatic rings. The molecule has 4 aromatic carbocycles. The third kappa shape index (κ3) is 2.83. The number of anilines is 3. The van der Waals surface area contributed by atoms with Gasteiger partial charge in [-0.15, -0.1) is 0 Å². The fourth-order valence-electron chi connectivity index (χ4n) is 5.98. The number of benzene rings is 4. The van der Waals surface area contributed by atoms with E-state index in [2.05, 4.69) is 121 Å². The molecule has 0 fully saturated rings. The van der Waals surface area contributed by atoms with Crippen molar-refractivity contribution >= 4 is 44.0 Å². The Kier molecular flexibility index (Phi) is 3.97. The summed E-state index contributed by atoms with van der Waals surface area (Å²) < 4.78 is 3.50. The highest BCUT2D eigenvalue weighted by molar-refractivity contribution is 9.10. The van der Waals surface area contributed by atoms with E-state index < -0.39 is 0 Å². The number of hydrogen-bond acceptors (Lipinski definition) is 4. The molecule has 6 heteroatoms. The second kappa shape index (κ2) is 7.12. The van der Waals surface area contributed by atoms with Crippen molar-refractivity contribution in [2.75, 3.05) is 21.8 Å². The van der Waals surface area contributed by atoms with Gasteiger partial charge < -0.3 is 15.1 Å². The van der Waals surface area contributed by atoms with Gasteiger partial charge >= 0.3 is 0 Å². The lowest BCUT2D eigenvalue weighted by Gasteiger charge is -2.45. The number of aromatic nitrogens is 2. The van der Waals surface area contributed by atoms with Gasteiger partial charge in [-0.1, -0.05) is 46.3 Å². The summed E-state index contributed by atoms with van der Waals surface area (Å²) in [6.45, 7) is 2.78. The Morgan fingerprint density at radius 2 is 1.54 bits per heavy atom. The molecule has 4 heterocycles. The first-order valence-corrected chi connectivity index (χ1v) is 12.8. The molecular formula is C29H22BrN5. The van der Waals surface area contributed by atoms with Gasteiger partial charge in [-0.2, -0.15) is 0 Å². The Hall–Kier alpha value is -3.77. The van der Waals surface area contributed by atoms with E-state index in [1.807, 2.05) is 0 Å². The summed E-state index contributed by atoms with van der Waals surface area (Å²) in [4.78, 5) is 10.0. The average Bonchev–Trinajstić information content (AvgIpc) is 3.28. The van der Waals surface area contributed by atoms with Gasteiger partial charge in [0.15, 0.2) is 0 Å². The lowest BCUT2D eigenvalue weighted by atomic mass is 9.98. The minimum absolute atomic E-state index is 0.0207. The minimum Gasteiger partial charge on any atom is -0.361 e. The summed E-state index contributed by atoms with van der Waals surface area (Å²) in [7, 11) is 0. The Morgan fingerprint density at radius 3 is 2.43 bits per heavy atom. The molecule has 8 rings (SSSR count). The van der Waals surface area contributed by atoms with E-state index in [1.165, 1.54) is 28.1 Å². The van der Waals surface area contributed by atoms with Crippen LogP contribution in [-0.4, -0.2) is 16.2 Å². The van der Waals surface area contributed by atoms with Crippen molar-refractivity contribution in [3.8, 4) is 11.4 Å². The van der Waals surface area contributed by atoms with Crippen molar-refractivity contribution < 1.29 is 0 Å². The van der Waals surface area contributed by atoms with Crippen molar-refractivity contribution in [1.82, 2.24) is 9.55 Å². The SMILES string of the molecule is Brc1ccc2c(c1)CN1CN2Cc2cc(C3Nc4ccccc4-c4nc5ccccc5n43)ccc21. The third-order valence-electron chi connectivity index (χ3n) is 7.52. The van der Waals surface area contributed by atoms with Crippen LogP contribution in [0.25, 0.3) is 22.4 Å². The van der Waals surface area contributed by atoms with E-state index in [-0.39, 0.29) is 6.17 Å². The molecule has 0 aliphatic carbocycles. The molecular weight excluding hydrogens is 498 g/mol. The molecule has 2 bridgehead atoms. The topological polar surface area (TPSA) is 36.3 Å². The summed E-state index contributed by atoms with van der Waals surface area (Å²) in [5.74, 6) is 1.02. The second-order valence-electron chi connectivity index (χ2n) is 9.59. The van der Waals surface area contributed by atoms with E-state index >= 15 is 0 Å². The standard InChI is InChI=1S/C29H22BrN5/c30-21-10-12-26-20(14-21)16-34-17-33(26)15-19-13-18(9-11-25(19)34)28-31-23-6-2-1-5-22(23)29-32-24-7-3-4-8-27(24)35(28)29/h1-14,28,31H,15-17H2. The van der Waals surface area contributed by atoms with Crippen molar-refractivity contribution in [2.24, 2.45) is 0 Å². The zero-order valence-electron chi connectivity index (χ0n) is 18.9. The summed E-state index contributed by atoms with van der Waals surface area (Å²) in [6.07, 6.45) is -0.0207. The lowest BCUT2D eigenvalue weighted by molar-refractivity contribution is 0.641. The number of hydrogen-bond donors (Lipinski definition) is 1. The van der Waals surface area contributed by atoms with Crippen LogP contribution in [0, 0.1) is 0 Å². The van der Waals surface area contributed by atoms with E-state index in [0.29, 0.717) is 0 Å². The number of nitrogens with zero attached hydrogens (tertiary/aromatic N) is 4. The highest BCUT2D eigenvalue weighted by Gasteiger charge is 2.32. The van der Waals surface area contributed by atoms with Crippen molar-refractivity contribution in [1.29, 1.82) is 0 Å². The number of imidazole rings is 1. The maximum Gasteiger partial charge on any atom is 0.145 e. The molecule has 1 aromatic heterocycles. The zero-order valence-corrected chi connectivity index (χ0v) is 20.5. The average molecular weight is 520 g/mol. The van der Waals surface area contributed by atoms with Gasteiger partial charge in [-0.3, -0.25) is 4.57 Å². The number of fused-ring (bicyclic) bond motifs is 11. The van der Waals surface area contributed by atoms with Gasteiger partial charge in [-0.25, -0.2) is 4.98 Å². The summed E-state index contributed by atoms with van der Waals surface area (Å²) in [6, 6.07) is 30.5. The molecule has 0 spiro atoms. The number of halogens is 1. The largest absolute Gasteiger partial charge is 0.361 e. The predicted molar refractivity (Wildman–Crippen MR) is 145 cm³/mol. The fourth-order valence-corrected chi connectivity index (χ4v) is 6.39. The maximum absolute atomic E-state index is 5.04. The highest BCUT2D eigenvalue weighted by atomic mass is 79.9. The van der Waals surface area contributed by atoms with E-state index in [1.54, 1.807) is 0 Å². The van der Waals surface area contributed by atoms with Gasteiger partial charge in [0.05, 0.1) is 17.7 Å². The highest BCUT2D eigenvalue weighted by Crippen LogP contribution is 2.43. The Bertz CT molecular complexity index is 1650. The maximum atomic E-state index is 5.04. The van der Waals surface area contributed by atoms with Gasteiger partial charge in [0, 0.05) is 40.2 Å². The Balaban J connectivity index is 1.26. The van der Waals surface area contributed by atoms with Crippen LogP contribution in [-0.2, 0) is 13.1 Å². The predicted octanol–water partition coefficient (Wildman–Crippen LogP) is 6.74. The molecule has 0 amide bonds. The fraction of sp³-hybridized carbons (Fsp3) is 0.138. The summed E-state index contributed by atoms with van der Waals surface area (Å²) >= 11 is 3.64. The molecule has 1 atom stereocenters. The smallest absolute Gasteiger partial charge is 0.145 e. The molecule has 0 saturated heterocycles. The molecule has 1 unspecified atom stereocenters. The number of nitrogens with one attached hydrogen (secondary N) is 1. The molecule has 0 radical (unpaired) electrons. The van der Waals surface area contributed by atoms with Crippen LogP contribution in [0.1, 0.15) is 22.9 Å². The Morgan fingerprint density at radius 1 is 0.800 bits per heavy atom. The van der Waals surface area contributed by atoms with Crippen LogP contribution in [0.5, 0.6) is 0 Å². The molecule has 170 valence electrons. The van der Waals surface area contributed by atoms with Gasteiger partial charge in [0.1, 0.15) is 12.0 Å². The van der Waals surface area contributed by atoms with Crippen LogP contribution in [0.2, 0.25) is 0 Å². The molecule has 35 heavy (non-hydrogen) atoms. The first-order valence-electron chi connectivity index (χ1n) is 12.0. The van der Waals surface area contributed by atoms with Gasteiger partial charge in [-0.05, 0) is 71.3 Å². The molecule has 0 saturated carbocycles. The second-order valence-corrected chi connectivity index (χ2v) is 10.5.